The van der Waals surface area contributed by atoms with Gasteiger partial charge in [0.25, 0.3) is 11.8 Å². The molecule has 1 fully saturated rings. The van der Waals surface area contributed by atoms with Crippen LogP contribution in [0.4, 0.5) is 11.4 Å². The molecule has 3 rings (SSSR count). The summed E-state index contributed by atoms with van der Waals surface area (Å²) in [5, 5.41) is 12.2. The number of fused-ring (bicyclic) bond motifs is 1. The number of anilines is 2. The van der Waals surface area contributed by atoms with Crippen LogP contribution in [0.5, 0.6) is 0 Å². The maximum Gasteiger partial charge on any atom is 0.265 e. The van der Waals surface area contributed by atoms with Gasteiger partial charge in [0.05, 0.1) is 11.4 Å². The van der Waals surface area contributed by atoms with Gasteiger partial charge in [0.15, 0.2) is 5.11 Å². The van der Waals surface area contributed by atoms with E-state index in [1.54, 1.807) is 6.08 Å². The topological polar surface area (TPSA) is 85.8 Å². The molecular weight excluding hydrogens is 464 g/mol. The van der Waals surface area contributed by atoms with Crippen molar-refractivity contribution in [2.75, 3.05) is 41.7 Å². The van der Waals surface area contributed by atoms with Gasteiger partial charge in [-0.2, -0.15) is 0 Å². The molecule has 2 amide bonds. The monoisotopic (exact) mass is 492 g/mol. The van der Waals surface area contributed by atoms with Crippen LogP contribution in [0.25, 0.3) is 0 Å². The summed E-state index contributed by atoms with van der Waals surface area (Å²) in [5.74, 6) is 0.717. The van der Waals surface area contributed by atoms with Gasteiger partial charge in [0.2, 0.25) is 0 Å². The zero-order valence-electron chi connectivity index (χ0n) is 18.9. The minimum atomic E-state index is -0.378. The van der Waals surface area contributed by atoms with Gasteiger partial charge in [0.1, 0.15) is 11.4 Å². The van der Waals surface area contributed by atoms with E-state index in [-0.39, 0.29) is 22.5 Å². The molecule has 0 saturated carbocycles. The zero-order chi connectivity index (χ0) is 24.0. The highest BCUT2D eigenvalue weighted by molar-refractivity contribution is 7.94. The average molecular weight is 493 g/mol. The Balaban J connectivity index is 1.95. The molecule has 0 unspecified atom stereocenters. The Bertz CT molecular complexity index is 940. The van der Waals surface area contributed by atoms with Crippen molar-refractivity contribution in [3.8, 4) is 0 Å². The molecule has 0 aromatic heterocycles. The van der Waals surface area contributed by atoms with Crippen LogP contribution in [0.1, 0.15) is 27.2 Å². The number of hydrogen-bond acceptors (Lipinski definition) is 9. The molecule has 1 aromatic rings. The number of thiocarbonyl (C=S) groups is 1. The van der Waals surface area contributed by atoms with Crippen molar-refractivity contribution < 1.29 is 24.2 Å². The Hall–Kier alpha value is -2.44. The fraction of sp³-hybridized carbons (Fsp3) is 0.409. The quantitative estimate of drug-likeness (QED) is 0.100. The van der Waals surface area contributed by atoms with Crippen LogP contribution in [0.2, 0.25) is 0 Å². The minimum Gasteiger partial charge on any atom is -0.326 e. The molecule has 0 spiro atoms. The average Bonchev–Trinajstić information content (AvgIpc) is 3.12. The van der Waals surface area contributed by atoms with Gasteiger partial charge < -0.3 is 9.80 Å². The second kappa shape index (κ2) is 11.6. The minimum absolute atomic E-state index is 0.0933. The van der Waals surface area contributed by atoms with Gasteiger partial charge in [-0.3, -0.25) is 19.4 Å². The molecule has 1 N–H and O–H groups in total. The van der Waals surface area contributed by atoms with E-state index < -0.39 is 0 Å². The fourth-order valence-corrected chi connectivity index (χ4v) is 4.74. The molecule has 0 atom stereocenters. The van der Waals surface area contributed by atoms with Crippen molar-refractivity contribution in [2.24, 2.45) is 0 Å². The molecular formula is C22H28N4O5S2. The van der Waals surface area contributed by atoms with Crippen LogP contribution >= 0.6 is 24.3 Å². The van der Waals surface area contributed by atoms with Crippen LogP contribution in [-0.4, -0.2) is 63.9 Å². The molecule has 2 aliphatic heterocycles. The standard InChI is InChI=1S/C22H28N4O5S2/c1-4-23-17-10-7-8-11-18(17)26(14-9-15-33-31-30-29)19(23)13-12-16-20(27)24(5-2)22(32)25(6-3)21(16)28/h7-8,10-13,29H,4-6,9,14-15H2,1-3H3/b19-13+. The third-order valence-corrected chi connectivity index (χ3v) is 6.52. The van der Waals surface area contributed by atoms with Crippen LogP contribution in [0, 0.1) is 0 Å². The number of likely N-dealkylation sites (N-methyl/N-ethyl adjacent to an activating group) is 2. The molecule has 2 aliphatic rings. The normalized spacial score (nSPS) is 17.5. The third-order valence-electron chi connectivity index (χ3n) is 5.47. The van der Waals surface area contributed by atoms with E-state index >= 15 is 0 Å². The van der Waals surface area contributed by atoms with Crippen LogP contribution < -0.4 is 9.80 Å². The number of carbonyl (C=O) groups is 2. The van der Waals surface area contributed by atoms with Crippen molar-refractivity contribution in [3.63, 3.8) is 0 Å². The summed E-state index contributed by atoms with van der Waals surface area (Å²) in [5.41, 5.74) is 2.19. The molecule has 0 aliphatic carbocycles. The molecule has 9 nitrogen and oxygen atoms in total. The van der Waals surface area contributed by atoms with Crippen molar-refractivity contribution in [1.29, 1.82) is 0 Å². The second-order valence-electron chi connectivity index (χ2n) is 7.19. The SMILES string of the molecule is CCN1C(=O)C(=C/C=C2\N(CC)c3ccccc3N2CCCSOOO)C(=O)N(CC)C1=S. The number of benzene rings is 1. The number of allylic oxidation sites excluding steroid dienone is 2. The lowest BCUT2D eigenvalue weighted by Gasteiger charge is -2.35. The van der Waals surface area contributed by atoms with Gasteiger partial charge in [-0.05, 0) is 63.7 Å². The molecule has 11 heteroatoms. The summed E-state index contributed by atoms with van der Waals surface area (Å²) >= 11 is 6.35. The molecule has 33 heavy (non-hydrogen) atoms. The Morgan fingerprint density at radius 3 is 2.06 bits per heavy atom. The van der Waals surface area contributed by atoms with Gasteiger partial charge in [-0.25, -0.2) is 5.26 Å². The summed E-state index contributed by atoms with van der Waals surface area (Å²) < 4.78 is 4.46. The first-order valence-corrected chi connectivity index (χ1v) is 12.1. The van der Waals surface area contributed by atoms with Crippen molar-refractivity contribution in [3.05, 3.63) is 47.8 Å². The summed E-state index contributed by atoms with van der Waals surface area (Å²) in [6, 6.07) is 8.05. The van der Waals surface area contributed by atoms with E-state index in [0.29, 0.717) is 31.9 Å². The van der Waals surface area contributed by atoms with E-state index in [2.05, 4.69) is 26.1 Å². The fourth-order valence-electron chi connectivity index (χ4n) is 3.96. The van der Waals surface area contributed by atoms with Gasteiger partial charge in [-0.1, -0.05) is 17.2 Å². The lowest BCUT2D eigenvalue weighted by molar-refractivity contribution is -0.432. The number of carbonyl (C=O) groups excluding carboxylic acids is 2. The van der Waals surface area contributed by atoms with Crippen molar-refractivity contribution >= 4 is 52.6 Å². The Morgan fingerprint density at radius 2 is 1.52 bits per heavy atom. The van der Waals surface area contributed by atoms with Crippen LogP contribution in [0.15, 0.2) is 47.8 Å². The van der Waals surface area contributed by atoms with E-state index in [1.165, 1.54) is 9.80 Å². The molecule has 178 valence electrons. The van der Waals surface area contributed by atoms with Gasteiger partial charge >= 0.3 is 0 Å². The molecule has 0 bridgehead atoms. The number of para-hydroxylation sites is 2. The molecule has 1 aromatic carbocycles. The van der Waals surface area contributed by atoms with E-state index in [4.69, 9.17) is 17.5 Å². The lowest BCUT2D eigenvalue weighted by Crippen LogP contribution is -2.55. The number of amides is 2. The first-order chi connectivity index (χ1) is 16.0. The predicted molar refractivity (Wildman–Crippen MR) is 132 cm³/mol. The maximum atomic E-state index is 13.0. The second-order valence-corrected chi connectivity index (χ2v) is 8.33. The Kier molecular flexibility index (Phi) is 8.87. The highest BCUT2D eigenvalue weighted by Crippen LogP contribution is 2.41. The summed E-state index contributed by atoms with van der Waals surface area (Å²) in [6.07, 6.45) is 4.17. The first kappa shape index (κ1) is 25.2. The number of rotatable bonds is 10. The largest absolute Gasteiger partial charge is 0.326 e. The predicted octanol–water partition coefficient (Wildman–Crippen LogP) is 3.56. The number of hydrogen-bond donors (Lipinski definition) is 1. The smallest absolute Gasteiger partial charge is 0.265 e. The van der Waals surface area contributed by atoms with E-state index in [9.17, 15) is 9.59 Å². The Labute approximate surface area is 203 Å². The molecule has 1 saturated heterocycles. The summed E-state index contributed by atoms with van der Waals surface area (Å²) in [4.78, 5) is 33.2. The van der Waals surface area contributed by atoms with Crippen LogP contribution in [0.3, 0.4) is 0 Å². The highest BCUT2D eigenvalue weighted by Gasteiger charge is 2.38. The van der Waals surface area contributed by atoms with Crippen molar-refractivity contribution in [2.45, 2.75) is 27.2 Å². The zero-order valence-corrected chi connectivity index (χ0v) is 20.5. The molecule has 0 radical (unpaired) electrons. The van der Waals surface area contributed by atoms with Crippen LogP contribution in [-0.2, 0) is 19.0 Å². The van der Waals surface area contributed by atoms with Gasteiger partial charge in [-0.15, -0.1) is 4.33 Å². The van der Waals surface area contributed by atoms with Gasteiger partial charge in [0, 0.05) is 44.0 Å². The highest BCUT2D eigenvalue weighted by atomic mass is 32.2. The lowest BCUT2D eigenvalue weighted by atomic mass is 10.1. The summed E-state index contributed by atoms with van der Waals surface area (Å²) in [7, 11) is 0. The Morgan fingerprint density at radius 1 is 0.939 bits per heavy atom. The third kappa shape index (κ3) is 5.07. The van der Waals surface area contributed by atoms with Crippen molar-refractivity contribution in [1.82, 2.24) is 9.80 Å². The van der Waals surface area contributed by atoms with E-state index in [0.717, 1.165) is 35.7 Å². The maximum absolute atomic E-state index is 13.0. The van der Waals surface area contributed by atoms with E-state index in [1.807, 2.05) is 44.2 Å². The number of nitrogens with zero attached hydrogens (tertiary/aromatic N) is 4. The first-order valence-electron chi connectivity index (χ1n) is 10.8. The molecule has 2 heterocycles. The summed E-state index contributed by atoms with van der Waals surface area (Å²) in [6.45, 7) is 7.89.